The molecule has 2 aliphatic rings. The van der Waals surface area contributed by atoms with E-state index in [9.17, 15) is 14.7 Å². The largest absolute Gasteiger partial charge is 0.392 e. The first kappa shape index (κ1) is 28.2. The summed E-state index contributed by atoms with van der Waals surface area (Å²) in [7, 11) is 0. The maximum atomic E-state index is 12.4. The highest BCUT2D eigenvalue weighted by Gasteiger charge is 2.33. The summed E-state index contributed by atoms with van der Waals surface area (Å²) in [6.45, 7) is 3.04. The summed E-state index contributed by atoms with van der Waals surface area (Å²) in [5, 5.41) is 20.9. The van der Waals surface area contributed by atoms with Gasteiger partial charge in [0.1, 0.15) is 0 Å². The molecular formula is C29H39N3O6. The van der Waals surface area contributed by atoms with Gasteiger partial charge < -0.3 is 24.8 Å². The lowest BCUT2D eigenvalue weighted by Crippen LogP contribution is -2.41. The Bertz CT molecular complexity index is 1040. The van der Waals surface area contributed by atoms with Crippen molar-refractivity contribution < 1.29 is 29.4 Å². The Hall–Kier alpha value is -2.82. The van der Waals surface area contributed by atoms with Gasteiger partial charge in [-0.1, -0.05) is 42.8 Å². The predicted octanol–water partition coefficient (Wildman–Crippen LogP) is 4.21. The second-order valence-electron chi connectivity index (χ2n) is 10.1. The van der Waals surface area contributed by atoms with Gasteiger partial charge in [-0.05, 0) is 62.0 Å². The highest BCUT2D eigenvalue weighted by atomic mass is 16.7. The number of carbonyl (C=O) groups excluding carboxylic acids is 2. The SMILES string of the molecule is O=C(CCCCC(=O)Nc1cccc([C@@H]2O[C@H](CN3CCCCC3)C[C@H](c3ccc(CO)cc3)O2)c1)NO. The van der Waals surface area contributed by atoms with Crippen LogP contribution in [0.25, 0.3) is 0 Å². The molecule has 0 spiro atoms. The zero-order valence-corrected chi connectivity index (χ0v) is 21.8. The average molecular weight is 526 g/mol. The topological polar surface area (TPSA) is 120 Å². The van der Waals surface area contributed by atoms with Crippen LogP contribution in [0.2, 0.25) is 0 Å². The number of nitrogens with one attached hydrogen (secondary N) is 2. The van der Waals surface area contributed by atoms with E-state index in [4.69, 9.17) is 14.7 Å². The van der Waals surface area contributed by atoms with Crippen molar-refractivity contribution in [2.45, 2.75) is 76.5 Å². The van der Waals surface area contributed by atoms with Crippen LogP contribution in [0.4, 0.5) is 5.69 Å². The van der Waals surface area contributed by atoms with E-state index in [0.29, 0.717) is 18.5 Å². The molecule has 0 saturated carbocycles. The van der Waals surface area contributed by atoms with Gasteiger partial charge in [0.05, 0.1) is 18.8 Å². The van der Waals surface area contributed by atoms with Gasteiger partial charge in [0, 0.05) is 37.1 Å². The van der Waals surface area contributed by atoms with Crippen LogP contribution in [-0.2, 0) is 25.7 Å². The molecule has 2 aliphatic heterocycles. The number of anilines is 1. The van der Waals surface area contributed by atoms with Crippen LogP contribution in [0.15, 0.2) is 48.5 Å². The van der Waals surface area contributed by atoms with Gasteiger partial charge in [0.25, 0.3) is 0 Å². The van der Waals surface area contributed by atoms with E-state index in [1.54, 1.807) is 5.48 Å². The standard InChI is InChI=1S/C29H39N3O6/c33-20-21-11-13-22(14-12-21)26-18-25(19-32-15-4-1-5-16-32)37-29(38-26)23-7-6-8-24(17-23)30-27(34)9-2-3-10-28(35)31-36/h6-8,11-14,17,25-26,29,33,36H,1-5,9-10,15-16,18-20H2,(H,30,34)(H,31,35)/t25-,26+,29+/m0/s1. The second kappa shape index (κ2) is 14.4. The third-order valence-corrected chi connectivity index (χ3v) is 7.15. The number of carbonyl (C=O) groups is 2. The Morgan fingerprint density at radius 3 is 2.37 bits per heavy atom. The van der Waals surface area contributed by atoms with Crippen LogP contribution in [0.3, 0.4) is 0 Å². The summed E-state index contributed by atoms with van der Waals surface area (Å²) in [5.74, 6) is -0.589. The number of aliphatic hydroxyl groups excluding tert-OH is 1. The second-order valence-corrected chi connectivity index (χ2v) is 10.1. The molecule has 0 radical (unpaired) electrons. The van der Waals surface area contributed by atoms with Crippen LogP contribution in [0, 0.1) is 0 Å². The predicted molar refractivity (Wildman–Crippen MR) is 142 cm³/mol. The summed E-state index contributed by atoms with van der Waals surface area (Å²) in [4.78, 5) is 26.0. The summed E-state index contributed by atoms with van der Waals surface area (Å²) in [6, 6.07) is 15.4. The number of nitrogens with zero attached hydrogens (tertiary/aromatic N) is 1. The number of aliphatic hydroxyl groups is 1. The summed E-state index contributed by atoms with van der Waals surface area (Å²) < 4.78 is 12.9. The molecule has 4 N–H and O–H groups in total. The molecule has 38 heavy (non-hydrogen) atoms. The number of likely N-dealkylation sites (tertiary alicyclic amines) is 1. The molecule has 2 fully saturated rings. The molecule has 2 aromatic rings. The molecule has 4 rings (SSSR count). The van der Waals surface area contributed by atoms with Crippen LogP contribution in [0.1, 0.15) is 80.5 Å². The number of ether oxygens (including phenoxy) is 2. The zero-order valence-electron chi connectivity index (χ0n) is 21.8. The molecule has 0 unspecified atom stereocenters. The highest BCUT2D eigenvalue weighted by molar-refractivity contribution is 5.90. The number of hydrogen-bond acceptors (Lipinski definition) is 7. The first-order valence-electron chi connectivity index (χ1n) is 13.6. The normalized spacial score (nSPS) is 22.1. The van der Waals surface area contributed by atoms with E-state index in [-0.39, 0.29) is 37.6 Å². The minimum atomic E-state index is -0.574. The van der Waals surface area contributed by atoms with Gasteiger partial charge in [-0.15, -0.1) is 0 Å². The van der Waals surface area contributed by atoms with E-state index in [0.717, 1.165) is 42.7 Å². The fraction of sp³-hybridized carbons (Fsp3) is 0.517. The number of benzene rings is 2. The van der Waals surface area contributed by atoms with Gasteiger partial charge in [-0.2, -0.15) is 0 Å². The van der Waals surface area contributed by atoms with Gasteiger partial charge >= 0.3 is 0 Å². The van der Waals surface area contributed by atoms with Gasteiger partial charge in [0.2, 0.25) is 11.8 Å². The Labute approximate surface area is 224 Å². The Morgan fingerprint density at radius 1 is 0.921 bits per heavy atom. The van der Waals surface area contributed by atoms with Crippen molar-refractivity contribution in [3.8, 4) is 0 Å². The average Bonchev–Trinajstić information content (AvgIpc) is 2.95. The van der Waals surface area contributed by atoms with Gasteiger partial charge in [-0.25, -0.2) is 5.48 Å². The molecule has 2 heterocycles. The fourth-order valence-electron chi connectivity index (χ4n) is 5.08. The first-order chi connectivity index (χ1) is 18.5. The molecule has 206 valence electrons. The highest BCUT2D eigenvalue weighted by Crippen LogP contribution is 2.38. The lowest BCUT2D eigenvalue weighted by Gasteiger charge is -2.39. The van der Waals surface area contributed by atoms with Crippen molar-refractivity contribution in [2.75, 3.05) is 25.0 Å². The van der Waals surface area contributed by atoms with E-state index in [2.05, 4.69) is 10.2 Å². The molecule has 3 atom stereocenters. The van der Waals surface area contributed by atoms with Crippen LogP contribution < -0.4 is 10.8 Å². The number of unbranched alkanes of at least 4 members (excludes halogenated alkanes) is 1. The van der Waals surface area contributed by atoms with E-state index < -0.39 is 12.2 Å². The molecule has 2 aromatic carbocycles. The van der Waals surface area contributed by atoms with Crippen LogP contribution >= 0.6 is 0 Å². The van der Waals surface area contributed by atoms with Crippen molar-refractivity contribution in [3.63, 3.8) is 0 Å². The number of rotatable bonds is 11. The number of amides is 2. The Kier molecular flexibility index (Phi) is 10.7. The van der Waals surface area contributed by atoms with Crippen molar-refractivity contribution in [3.05, 3.63) is 65.2 Å². The third kappa shape index (κ3) is 8.34. The van der Waals surface area contributed by atoms with Crippen LogP contribution in [-0.4, -0.2) is 52.8 Å². The summed E-state index contributed by atoms with van der Waals surface area (Å²) in [5.41, 5.74) is 5.01. The molecule has 0 aliphatic carbocycles. The van der Waals surface area contributed by atoms with Crippen molar-refractivity contribution in [2.24, 2.45) is 0 Å². The maximum Gasteiger partial charge on any atom is 0.243 e. The Balaban J connectivity index is 1.42. The quantitative estimate of drug-likeness (QED) is 0.197. The molecule has 9 nitrogen and oxygen atoms in total. The monoisotopic (exact) mass is 525 g/mol. The lowest BCUT2D eigenvalue weighted by molar-refractivity contribution is -0.253. The van der Waals surface area contributed by atoms with Gasteiger partial charge in [-0.3, -0.25) is 14.8 Å². The third-order valence-electron chi connectivity index (χ3n) is 7.15. The number of hydroxylamine groups is 1. The summed E-state index contributed by atoms with van der Waals surface area (Å²) in [6.07, 6.45) is 5.27. The molecular weight excluding hydrogens is 486 g/mol. The molecule has 0 bridgehead atoms. The molecule has 2 amide bonds. The van der Waals surface area contributed by atoms with Crippen LogP contribution in [0.5, 0.6) is 0 Å². The maximum absolute atomic E-state index is 12.4. The van der Waals surface area contributed by atoms with Crippen molar-refractivity contribution in [1.29, 1.82) is 0 Å². The minimum absolute atomic E-state index is 0.00346. The number of piperidine rings is 1. The van der Waals surface area contributed by atoms with E-state index in [1.807, 2.05) is 48.5 Å². The number of hydrogen-bond donors (Lipinski definition) is 4. The zero-order chi connectivity index (χ0) is 26.7. The Morgan fingerprint density at radius 2 is 1.66 bits per heavy atom. The minimum Gasteiger partial charge on any atom is -0.392 e. The lowest BCUT2D eigenvalue weighted by atomic mass is 9.99. The molecule has 2 saturated heterocycles. The fourth-order valence-corrected chi connectivity index (χ4v) is 5.08. The van der Waals surface area contributed by atoms with E-state index >= 15 is 0 Å². The van der Waals surface area contributed by atoms with E-state index in [1.165, 1.54) is 19.3 Å². The first-order valence-corrected chi connectivity index (χ1v) is 13.6. The smallest absolute Gasteiger partial charge is 0.243 e. The molecule has 9 heteroatoms. The van der Waals surface area contributed by atoms with Crippen molar-refractivity contribution in [1.82, 2.24) is 10.4 Å². The van der Waals surface area contributed by atoms with Gasteiger partial charge in [0.15, 0.2) is 6.29 Å². The van der Waals surface area contributed by atoms with Crippen molar-refractivity contribution >= 4 is 17.5 Å². The summed E-state index contributed by atoms with van der Waals surface area (Å²) >= 11 is 0. The molecule has 0 aromatic heterocycles.